The van der Waals surface area contributed by atoms with Gasteiger partial charge in [0.2, 0.25) is 0 Å². The summed E-state index contributed by atoms with van der Waals surface area (Å²) in [4.78, 5) is 17.1. The van der Waals surface area contributed by atoms with Gasteiger partial charge in [0.15, 0.2) is 0 Å². The molecule has 1 N–H and O–H groups in total. The molecule has 4 aromatic carbocycles. The third-order valence-corrected chi connectivity index (χ3v) is 6.63. The molecule has 0 unspecified atom stereocenters. The molecule has 5 aromatic rings. The van der Waals surface area contributed by atoms with E-state index in [1.165, 1.54) is 5.69 Å². The zero-order valence-electron chi connectivity index (χ0n) is 19.9. The van der Waals surface area contributed by atoms with Crippen molar-refractivity contribution >= 4 is 50.7 Å². The number of nitrogens with one attached hydrogen (secondary N) is 1. The number of aromatic nitrogens is 3. The number of hydrogen-bond donors (Lipinski definition) is 1. The van der Waals surface area contributed by atoms with Crippen LogP contribution in [-0.2, 0) is 0 Å². The van der Waals surface area contributed by atoms with E-state index >= 15 is 0 Å². The Morgan fingerprint density at radius 2 is 1.57 bits per heavy atom. The minimum Gasteiger partial charge on any atom is -0.372 e. The molecule has 5 rings (SSSR count). The summed E-state index contributed by atoms with van der Waals surface area (Å²) in [5.74, 6) is -0.195. The van der Waals surface area contributed by atoms with Gasteiger partial charge in [-0.3, -0.25) is 4.79 Å². The normalized spacial score (nSPS) is 11.2. The number of anilines is 2. The minimum absolute atomic E-state index is 0.195. The fourth-order valence-electron chi connectivity index (χ4n) is 4.36. The predicted octanol–water partition coefficient (Wildman–Crippen LogP) is 6.63. The second-order valence-corrected chi connectivity index (χ2v) is 8.84. The molecule has 6 nitrogen and oxygen atoms in total. The highest BCUT2D eigenvalue weighted by atomic mass is 35.5. The summed E-state index contributed by atoms with van der Waals surface area (Å²) in [6, 6.07) is 23.2. The lowest BCUT2D eigenvalue weighted by molar-refractivity contribution is 0.102. The molecule has 0 fully saturated rings. The summed E-state index contributed by atoms with van der Waals surface area (Å²) in [7, 11) is 0. The third-order valence-electron chi connectivity index (χ3n) is 6.30. The zero-order chi connectivity index (χ0) is 24.5. The molecule has 0 spiro atoms. The Morgan fingerprint density at radius 1 is 0.914 bits per heavy atom. The van der Waals surface area contributed by atoms with Crippen molar-refractivity contribution in [1.82, 2.24) is 15.0 Å². The van der Waals surface area contributed by atoms with Crippen LogP contribution in [0.25, 0.3) is 27.5 Å². The van der Waals surface area contributed by atoms with Gasteiger partial charge in [-0.1, -0.05) is 35.9 Å². The number of aryl methyl sites for hydroxylation is 1. The average molecular weight is 484 g/mol. The molecule has 1 amide bonds. The van der Waals surface area contributed by atoms with Gasteiger partial charge in [0.05, 0.1) is 5.69 Å². The Labute approximate surface area is 209 Å². The first kappa shape index (κ1) is 22.9. The Bertz CT molecular complexity index is 1540. The van der Waals surface area contributed by atoms with Crippen LogP contribution in [0.2, 0.25) is 5.02 Å². The number of amides is 1. The van der Waals surface area contributed by atoms with Crippen LogP contribution >= 0.6 is 11.6 Å². The van der Waals surface area contributed by atoms with Crippen molar-refractivity contribution in [3.8, 4) is 5.69 Å². The van der Waals surface area contributed by atoms with Gasteiger partial charge in [0.25, 0.3) is 5.91 Å². The molecule has 0 saturated carbocycles. The molecular weight excluding hydrogens is 458 g/mol. The number of fused-ring (bicyclic) bond motifs is 2. The van der Waals surface area contributed by atoms with Crippen LogP contribution < -0.4 is 10.2 Å². The number of carbonyl (C=O) groups excluding carboxylic acids is 1. The molecule has 0 bridgehead atoms. The molecule has 0 aliphatic heterocycles. The maximum Gasteiger partial charge on any atom is 0.256 e. The quantitative estimate of drug-likeness (QED) is 0.294. The summed E-state index contributed by atoms with van der Waals surface area (Å²) in [5, 5.41) is 14.7. The van der Waals surface area contributed by atoms with Crippen LogP contribution in [0.4, 0.5) is 11.4 Å². The molecule has 0 saturated heterocycles. The van der Waals surface area contributed by atoms with Gasteiger partial charge in [0, 0.05) is 40.4 Å². The Morgan fingerprint density at radius 3 is 2.29 bits per heavy atom. The van der Waals surface area contributed by atoms with Gasteiger partial charge in [-0.25, -0.2) is 0 Å². The summed E-state index contributed by atoms with van der Waals surface area (Å²) in [6.45, 7) is 8.16. The molecule has 7 heteroatoms. The van der Waals surface area contributed by atoms with Crippen LogP contribution in [-0.4, -0.2) is 34.0 Å². The molecule has 1 heterocycles. The fraction of sp³-hybridized carbons (Fsp3) is 0.179. The summed E-state index contributed by atoms with van der Waals surface area (Å²) < 4.78 is 0. The van der Waals surface area contributed by atoms with E-state index in [4.69, 9.17) is 11.6 Å². The second-order valence-electron chi connectivity index (χ2n) is 8.43. The molecule has 0 radical (unpaired) electrons. The largest absolute Gasteiger partial charge is 0.372 e. The standard InChI is InChI=1S/C28H26ClN5O/c1-4-33(5-2)19-12-14-20(15-13-19)34-31-26-16-18(3)25(17-27(26)32-34)30-28(35)23-10-6-9-22-21(23)8-7-11-24(22)29/h6-17H,4-5H2,1-3H3,(H,30,35). The van der Waals surface area contributed by atoms with Crippen LogP contribution in [0.1, 0.15) is 29.8 Å². The lowest BCUT2D eigenvalue weighted by Crippen LogP contribution is -2.21. The van der Waals surface area contributed by atoms with Crippen LogP contribution in [0, 0.1) is 6.92 Å². The first-order chi connectivity index (χ1) is 17.0. The van der Waals surface area contributed by atoms with Gasteiger partial charge in [-0.15, -0.1) is 10.2 Å². The monoisotopic (exact) mass is 483 g/mol. The van der Waals surface area contributed by atoms with Crippen molar-refractivity contribution < 1.29 is 4.79 Å². The van der Waals surface area contributed by atoms with Crippen molar-refractivity contribution in [2.45, 2.75) is 20.8 Å². The molecular formula is C28H26ClN5O. The number of hydrogen-bond acceptors (Lipinski definition) is 4. The number of halogens is 1. The topological polar surface area (TPSA) is 63.1 Å². The van der Waals surface area contributed by atoms with Gasteiger partial charge < -0.3 is 10.2 Å². The first-order valence-electron chi connectivity index (χ1n) is 11.7. The molecule has 0 aliphatic carbocycles. The van der Waals surface area contributed by atoms with Gasteiger partial charge in [0.1, 0.15) is 11.0 Å². The molecule has 176 valence electrons. The van der Waals surface area contributed by atoms with Crippen molar-refractivity contribution in [3.05, 3.63) is 88.9 Å². The molecule has 1 aromatic heterocycles. The Balaban J connectivity index is 1.44. The fourth-order valence-corrected chi connectivity index (χ4v) is 4.60. The highest BCUT2D eigenvalue weighted by Crippen LogP contribution is 2.28. The smallest absolute Gasteiger partial charge is 0.256 e. The number of carbonyl (C=O) groups is 1. The second kappa shape index (κ2) is 9.39. The number of rotatable bonds is 6. The SMILES string of the molecule is CCN(CC)c1ccc(-n2nc3cc(C)c(NC(=O)c4cccc5c(Cl)cccc45)cc3n2)cc1. The van der Waals surface area contributed by atoms with E-state index in [1.807, 2.05) is 61.5 Å². The van der Waals surface area contributed by atoms with E-state index in [9.17, 15) is 4.79 Å². The average Bonchev–Trinajstić information content (AvgIpc) is 3.28. The summed E-state index contributed by atoms with van der Waals surface area (Å²) >= 11 is 6.32. The Hall–Kier alpha value is -3.90. The highest BCUT2D eigenvalue weighted by molar-refractivity contribution is 6.36. The number of benzene rings is 4. The van der Waals surface area contributed by atoms with Crippen molar-refractivity contribution in [2.75, 3.05) is 23.3 Å². The molecule has 35 heavy (non-hydrogen) atoms. The van der Waals surface area contributed by atoms with Crippen LogP contribution in [0.3, 0.4) is 0 Å². The highest BCUT2D eigenvalue weighted by Gasteiger charge is 2.15. The van der Waals surface area contributed by atoms with E-state index in [0.717, 1.165) is 40.6 Å². The zero-order valence-corrected chi connectivity index (χ0v) is 20.7. The van der Waals surface area contributed by atoms with Gasteiger partial charge >= 0.3 is 0 Å². The Kier molecular flexibility index (Phi) is 6.14. The van der Waals surface area contributed by atoms with Gasteiger partial charge in [-0.05, 0) is 80.3 Å². The first-order valence-corrected chi connectivity index (χ1v) is 12.1. The predicted molar refractivity (Wildman–Crippen MR) is 144 cm³/mol. The van der Waals surface area contributed by atoms with Crippen molar-refractivity contribution in [1.29, 1.82) is 0 Å². The lowest BCUT2D eigenvalue weighted by Gasteiger charge is -2.20. The molecule has 0 aliphatic rings. The van der Waals surface area contributed by atoms with Crippen LogP contribution in [0.5, 0.6) is 0 Å². The van der Waals surface area contributed by atoms with E-state index in [-0.39, 0.29) is 5.91 Å². The third kappa shape index (κ3) is 4.33. The maximum absolute atomic E-state index is 13.2. The van der Waals surface area contributed by atoms with Crippen molar-refractivity contribution in [2.24, 2.45) is 0 Å². The maximum atomic E-state index is 13.2. The van der Waals surface area contributed by atoms with E-state index in [1.54, 1.807) is 10.9 Å². The van der Waals surface area contributed by atoms with E-state index < -0.39 is 0 Å². The molecule has 0 atom stereocenters. The minimum atomic E-state index is -0.195. The van der Waals surface area contributed by atoms with E-state index in [0.29, 0.717) is 21.8 Å². The summed E-state index contributed by atoms with van der Waals surface area (Å²) in [5.41, 5.74) is 5.71. The van der Waals surface area contributed by atoms with Crippen molar-refractivity contribution in [3.63, 3.8) is 0 Å². The van der Waals surface area contributed by atoms with Crippen LogP contribution in [0.15, 0.2) is 72.8 Å². The number of nitrogens with zero attached hydrogens (tertiary/aromatic N) is 4. The lowest BCUT2D eigenvalue weighted by atomic mass is 10.0. The van der Waals surface area contributed by atoms with E-state index in [2.05, 4.69) is 46.4 Å². The summed E-state index contributed by atoms with van der Waals surface area (Å²) in [6.07, 6.45) is 0. The van der Waals surface area contributed by atoms with Gasteiger partial charge in [-0.2, -0.15) is 4.80 Å².